The van der Waals surface area contributed by atoms with Gasteiger partial charge < -0.3 is 9.47 Å². The summed E-state index contributed by atoms with van der Waals surface area (Å²) in [7, 11) is 0. The number of hydrogen-bond donors (Lipinski definition) is 0. The average molecular weight is 357 g/mol. The zero-order valence-corrected chi connectivity index (χ0v) is 16.7. The molecule has 0 unspecified atom stereocenters. The first kappa shape index (κ1) is 23.9. The second-order valence-electron chi connectivity index (χ2n) is 6.83. The molecule has 0 fully saturated rings. The van der Waals surface area contributed by atoms with Crippen molar-refractivity contribution in [1.29, 1.82) is 0 Å². The van der Waals surface area contributed by atoms with Crippen molar-refractivity contribution in [3.63, 3.8) is 0 Å². The number of unbranched alkanes of at least 4 members (excludes halogenated alkanes) is 10. The monoisotopic (exact) mass is 356 g/mol. The lowest BCUT2D eigenvalue weighted by Gasteiger charge is -2.05. The normalized spacial score (nSPS) is 10.6. The zero-order chi connectivity index (χ0) is 18.6. The van der Waals surface area contributed by atoms with E-state index in [1.165, 1.54) is 32.1 Å². The van der Waals surface area contributed by atoms with Crippen molar-refractivity contribution in [3.05, 3.63) is 0 Å². The highest BCUT2D eigenvalue weighted by Gasteiger charge is 2.03. The minimum Gasteiger partial charge on any atom is -0.466 e. The van der Waals surface area contributed by atoms with Crippen LogP contribution in [0.3, 0.4) is 0 Å². The zero-order valence-electron chi connectivity index (χ0n) is 16.7. The summed E-state index contributed by atoms with van der Waals surface area (Å²) in [5.74, 6) is -0.0802. The largest absolute Gasteiger partial charge is 0.466 e. The van der Waals surface area contributed by atoms with Gasteiger partial charge in [-0.15, -0.1) is 0 Å². The summed E-state index contributed by atoms with van der Waals surface area (Å²) in [4.78, 5) is 22.8. The molecule has 0 aromatic heterocycles. The second-order valence-corrected chi connectivity index (χ2v) is 6.83. The Morgan fingerprint density at radius 3 is 1.16 bits per heavy atom. The van der Waals surface area contributed by atoms with Crippen LogP contribution in [0.2, 0.25) is 0 Å². The first-order valence-electron chi connectivity index (χ1n) is 10.5. The van der Waals surface area contributed by atoms with Gasteiger partial charge in [-0.3, -0.25) is 9.59 Å². The highest BCUT2D eigenvalue weighted by molar-refractivity contribution is 5.69. The van der Waals surface area contributed by atoms with Crippen LogP contribution in [0.15, 0.2) is 0 Å². The van der Waals surface area contributed by atoms with E-state index < -0.39 is 0 Å². The number of rotatable bonds is 18. The molecule has 0 aromatic rings. The lowest BCUT2D eigenvalue weighted by Crippen LogP contribution is -2.05. The van der Waals surface area contributed by atoms with Crippen LogP contribution in [-0.4, -0.2) is 25.2 Å². The van der Waals surface area contributed by atoms with E-state index in [9.17, 15) is 9.59 Å². The first-order chi connectivity index (χ1) is 12.2. The van der Waals surface area contributed by atoms with Crippen LogP contribution in [-0.2, 0) is 19.1 Å². The molecular formula is C21H40O4. The van der Waals surface area contributed by atoms with E-state index in [4.69, 9.17) is 9.47 Å². The van der Waals surface area contributed by atoms with Crippen LogP contribution in [0.4, 0.5) is 0 Å². The van der Waals surface area contributed by atoms with Gasteiger partial charge in [-0.05, 0) is 25.7 Å². The molecule has 0 saturated heterocycles. The molecule has 0 aromatic carbocycles. The van der Waals surface area contributed by atoms with Gasteiger partial charge in [0.15, 0.2) is 0 Å². The predicted molar refractivity (Wildman–Crippen MR) is 103 cm³/mol. The van der Waals surface area contributed by atoms with E-state index in [1.807, 2.05) is 0 Å². The number of carbonyl (C=O) groups is 2. The molecule has 4 heteroatoms. The molecule has 0 heterocycles. The Balaban J connectivity index is 3.18. The van der Waals surface area contributed by atoms with E-state index in [1.54, 1.807) is 0 Å². The third kappa shape index (κ3) is 19.1. The van der Waals surface area contributed by atoms with Gasteiger partial charge in [-0.1, -0.05) is 71.6 Å². The molecule has 0 radical (unpaired) electrons. The fourth-order valence-electron chi connectivity index (χ4n) is 2.58. The van der Waals surface area contributed by atoms with Crippen molar-refractivity contribution in [2.75, 3.05) is 13.2 Å². The maximum atomic E-state index is 11.4. The maximum Gasteiger partial charge on any atom is 0.305 e. The molecule has 0 atom stereocenters. The topological polar surface area (TPSA) is 52.6 Å². The number of hydrogen-bond acceptors (Lipinski definition) is 4. The third-order valence-electron chi connectivity index (χ3n) is 4.28. The SMILES string of the molecule is CCCCOC(=O)CCCCCCCCCCCC(=O)OCCCC. The summed E-state index contributed by atoms with van der Waals surface area (Å²) in [6.45, 7) is 5.34. The molecule has 0 aliphatic heterocycles. The second kappa shape index (κ2) is 19.3. The quantitative estimate of drug-likeness (QED) is 0.224. The van der Waals surface area contributed by atoms with Crippen LogP contribution >= 0.6 is 0 Å². The highest BCUT2D eigenvalue weighted by Crippen LogP contribution is 2.12. The Kier molecular flexibility index (Phi) is 18.5. The van der Waals surface area contributed by atoms with E-state index >= 15 is 0 Å². The van der Waals surface area contributed by atoms with Crippen LogP contribution in [0.1, 0.15) is 110 Å². The van der Waals surface area contributed by atoms with E-state index in [2.05, 4.69) is 13.8 Å². The van der Waals surface area contributed by atoms with E-state index in [-0.39, 0.29) is 11.9 Å². The summed E-state index contributed by atoms with van der Waals surface area (Å²) in [5, 5.41) is 0. The van der Waals surface area contributed by atoms with Crippen molar-refractivity contribution in [2.45, 2.75) is 110 Å². The Morgan fingerprint density at radius 1 is 0.520 bits per heavy atom. The molecule has 0 aliphatic carbocycles. The first-order valence-corrected chi connectivity index (χ1v) is 10.5. The summed E-state index contributed by atoms with van der Waals surface area (Å²) in [6.07, 6.45) is 15.5. The standard InChI is InChI=1S/C21H40O4/c1-3-5-18-24-20(22)16-14-12-10-8-7-9-11-13-15-17-21(23)25-19-6-4-2/h3-19H2,1-2H3. The third-order valence-corrected chi connectivity index (χ3v) is 4.28. The predicted octanol–water partition coefficient (Wildman–Crippen LogP) is 5.96. The fourth-order valence-corrected chi connectivity index (χ4v) is 2.58. The van der Waals surface area contributed by atoms with Crippen molar-refractivity contribution in [1.82, 2.24) is 0 Å². The van der Waals surface area contributed by atoms with Gasteiger partial charge in [-0.25, -0.2) is 0 Å². The van der Waals surface area contributed by atoms with Gasteiger partial charge in [0.2, 0.25) is 0 Å². The Hall–Kier alpha value is -1.06. The lowest BCUT2D eigenvalue weighted by molar-refractivity contribution is -0.144. The molecule has 0 aliphatic rings. The highest BCUT2D eigenvalue weighted by atomic mass is 16.5. The average Bonchev–Trinajstić information content (AvgIpc) is 2.60. The Labute approximate surface area is 155 Å². The van der Waals surface area contributed by atoms with Crippen LogP contribution < -0.4 is 0 Å². The number of ether oxygens (including phenoxy) is 2. The van der Waals surface area contributed by atoms with Crippen molar-refractivity contribution in [3.8, 4) is 0 Å². The minimum absolute atomic E-state index is 0.0401. The smallest absolute Gasteiger partial charge is 0.305 e. The molecular weight excluding hydrogens is 316 g/mol. The van der Waals surface area contributed by atoms with Gasteiger partial charge in [0.25, 0.3) is 0 Å². The molecule has 148 valence electrons. The molecule has 0 spiro atoms. The fraction of sp³-hybridized carbons (Fsp3) is 0.905. The summed E-state index contributed by atoms with van der Waals surface area (Å²) in [5.41, 5.74) is 0. The molecule has 0 amide bonds. The number of carbonyl (C=O) groups excluding carboxylic acids is 2. The van der Waals surface area contributed by atoms with Gasteiger partial charge >= 0.3 is 11.9 Å². The van der Waals surface area contributed by atoms with E-state index in [0.29, 0.717) is 26.1 Å². The summed E-state index contributed by atoms with van der Waals surface area (Å²) >= 11 is 0. The van der Waals surface area contributed by atoms with Gasteiger partial charge in [0, 0.05) is 12.8 Å². The van der Waals surface area contributed by atoms with Gasteiger partial charge in [-0.2, -0.15) is 0 Å². The van der Waals surface area contributed by atoms with Gasteiger partial charge in [0.05, 0.1) is 13.2 Å². The van der Waals surface area contributed by atoms with Crippen LogP contribution in [0.5, 0.6) is 0 Å². The Bertz CT molecular complexity index is 285. The summed E-state index contributed by atoms with van der Waals surface area (Å²) < 4.78 is 10.3. The van der Waals surface area contributed by atoms with Gasteiger partial charge in [0.1, 0.15) is 0 Å². The van der Waals surface area contributed by atoms with Crippen LogP contribution in [0, 0.1) is 0 Å². The molecule has 0 rings (SSSR count). The van der Waals surface area contributed by atoms with E-state index in [0.717, 1.165) is 51.4 Å². The van der Waals surface area contributed by atoms with Crippen LogP contribution in [0.25, 0.3) is 0 Å². The maximum absolute atomic E-state index is 11.4. The molecule has 25 heavy (non-hydrogen) atoms. The lowest BCUT2D eigenvalue weighted by atomic mass is 10.1. The Morgan fingerprint density at radius 2 is 0.840 bits per heavy atom. The molecule has 4 nitrogen and oxygen atoms in total. The molecule has 0 N–H and O–H groups in total. The molecule has 0 bridgehead atoms. The van der Waals surface area contributed by atoms with Crippen molar-refractivity contribution >= 4 is 11.9 Å². The number of esters is 2. The minimum atomic E-state index is -0.0401. The molecule has 0 saturated carbocycles. The summed E-state index contributed by atoms with van der Waals surface area (Å²) in [6, 6.07) is 0. The van der Waals surface area contributed by atoms with Crippen molar-refractivity contribution in [2.24, 2.45) is 0 Å². The van der Waals surface area contributed by atoms with Crippen molar-refractivity contribution < 1.29 is 19.1 Å².